The first kappa shape index (κ1) is 18.9. The maximum Gasteiger partial charge on any atom is 0.273 e. The van der Waals surface area contributed by atoms with Gasteiger partial charge in [-0.3, -0.25) is 19.8 Å². The van der Waals surface area contributed by atoms with Gasteiger partial charge < -0.3 is 10.1 Å². The highest BCUT2D eigenvalue weighted by Gasteiger charge is 2.22. The SMILES string of the molecule is CCN(Cc1cccs1)[C@@H](C)C(=O)Nc1ccc([N+](=O)[O-])cc1OC. The molecule has 0 radical (unpaired) electrons. The van der Waals surface area contributed by atoms with Gasteiger partial charge in [0, 0.05) is 17.5 Å². The van der Waals surface area contributed by atoms with Crippen molar-refractivity contribution in [2.45, 2.75) is 26.4 Å². The average molecular weight is 363 g/mol. The number of nitro benzene ring substituents is 1. The minimum Gasteiger partial charge on any atom is -0.494 e. The van der Waals surface area contributed by atoms with Crippen LogP contribution in [0.2, 0.25) is 0 Å². The van der Waals surface area contributed by atoms with Crippen molar-refractivity contribution in [3.63, 3.8) is 0 Å². The predicted molar refractivity (Wildman–Crippen MR) is 98.1 cm³/mol. The molecule has 1 aromatic carbocycles. The highest BCUT2D eigenvalue weighted by atomic mass is 32.1. The highest BCUT2D eigenvalue weighted by Crippen LogP contribution is 2.29. The number of likely N-dealkylation sites (N-methyl/N-ethyl adjacent to an activating group) is 1. The van der Waals surface area contributed by atoms with Crippen molar-refractivity contribution in [3.8, 4) is 5.75 Å². The number of hydrogen-bond donors (Lipinski definition) is 1. The first-order chi connectivity index (χ1) is 12.0. The minimum absolute atomic E-state index is 0.0872. The van der Waals surface area contributed by atoms with Crippen LogP contribution in [0.1, 0.15) is 18.7 Å². The van der Waals surface area contributed by atoms with E-state index in [0.29, 0.717) is 12.2 Å². The van der Waals surface area contributed by atoms with Gasteiger partial charge in [-0.05, 0) is 31.0 Å². The number of nitro groups is 1. The lowest BCUT2D eigenvalue weighted by molar-refractivity contribution is -0.384. The number of hydrogen-bond acceptors (Lipinski definition) is 6. The molecule has 0 saturated carbocycles. The summed E-state index contributed by atoms with van der Waals surface area (Å²) in [5.41, 5.74) is 0.327. The van der Waals surface area contributed by atoms with E-state index in [1.807, 2.05) is 31.4 Å². The van der Waals surface area contributed by atoms with E-state index in [9.17, 15) is 14.9 Å². The third-order valence-electron chi connectivity index (χ3n) is 3.93. The van der Waals surface area contributed by atoms with Gasteiger partial charge in [0.25, 0.3) is 5.69 Å². The summed E-state index contributed by atoms with van der Waals surface area (Å²) in [5.74, 6) is 0.0709. The van der Waals surface area contributed by atoms with Gasteiger partial charge in [0.2, 0.25) is 5.91 Å². The minimum atomic E-state index is -0.503. The molecule has 1 atom stereocenters. The van der Waals surface area contributed by atoms with Crippen molar-refractivity contribution >= 4 is 28.6 Å². The van der Waals surface area contributed by atoms with Crippen molar-refractivity contribution < 1.29 is 14.5 Å². The van der Waals surface area contributed by atoms with Gasteiger partial charge in [0.05, 0.1) is 29.8 Å². The fourth-order valence-electron chi connectivity index (χ4n) is 2.43. The molecule has 0 fully saturated rings. The van der Waals surface area contributed by atoms with Crippen molar-refractivity contribution in [2.75, 3.05) is 19.0 Å². The third-order valence-corrected chi connectivity index (χ3v) is 4.79. The fourth-order valence-corrected chi connectivity index (χ4v) is 3.15. The average Bonchev–Trinajstić information content (AvgIpc) is 3.12. The molecule has 8 heteroatoms. The van der Waals surface area contributed by atoms with Gasteiger partial charge in [0.15, 0.2) is 0 Å². The first-order valence-electron chi connectivity index (χ1n) is 7.86. The Morgan fingerprint density at radius 2 is 2.20 bits per heavy atom. The zero-order valence-electron chi connectivity index (χ0n) is 14.4. The van der Waals surface area contributed by atoms with E-state index in [1.165, 1.54) is 30.2 Å². The van der Waals surface area contributed by atoms with Crippen LogP contribution < -0.4 is 10.1 Å². The summed E-state index contributed by atoms with van der Waals surface area (Å²) in [6.07, 6.45) is 0. The normalized spacial score (nSPS) is 12.0. The monoisotopic (exact) mass is 363 g/mol. The van der Waals surface area contributed by atoms with Crippen molar-refractivity contribution in [1.82, 2.24) is 4.90 Å². The van der Waals surface area contributed by atoms with Crippen LogP contribution in [-0.4, -0.2) is 35.4 Å². The second-order valence-corrected chi connectivity index (χ2v) is 6.48. The van der Waals surface area contributed by atoms with Gasteiger partial charge in [-0.25, -0.2) is 0 Å². The molecule has 0 aliphatic rings. The molecule has 2 rings (SSSR count). The molecule has 0 aliphatic carbocycles. The van der Waals surface area contributed by atoms with E-state index in [1.54, 1.807) is 11.3 Å². The summed E-state index contributed by atoms with van der Waals surface area (Å²) in [6.45, 7) is 5.26. The lowest BCUT2D eigenvalue weighted by Gasteiger charge is -2.26. The van der Waals surface area contributed by atoms with Crippen molar-refractivity contribution in [2.24, 2.45) is 0 Å². The number of methoxy groups -OCH3 is 1. The van der Waals surface area contributed by atoms with Crippen molar-refractivity contribution in [1.29, 1.82) is 0 Å². The van der Waals surface area contributed by atoms with E-state index >= 15 is 0 Å². The molecule has 0 spiro atoms. The Morgan fingerprint density at radius 1 is 1.44 bits per heavy atom. The summed E-state index contributed by atoms with van der Waals surface area (Å²) >= 11 is 1.65. The Balaban J connectivity index is 2.10. The molecule has 134 valence electrons. The lowest BCUT2D eigenvalue weighted by atomic mass is 10.2. The van der Waals surface area contributed by atoms with Gasteiger partial charge in [-0.1, -0.05) is 13.0 Å². The second kappa shape index (κ2) is 8.59. The number of ether oxygens (including phenoxy) is 1. The van der Waals surface area contributed by atoms with Crippen LogP contribution in [0.5, 0.6) is 5.75 Å². The van der Waals surface area contributed by atoms with Gasteiger partial charge in [-0.2, -0.15) is 0 Å². The summed E-state index contributed by atoms with van der Waals surface area (Å²) in [4.78, 5) is 26.2. The standard InChI is InChI=1S/C17H21N3O4S/c1-4-19(11-14-6-5-9-25-14)12(2)17(21)18-15-8-7-13(20(22)23)10-16(15)24-3/h5-10,12H,4,11H2,1-3H3,(H,18,21)/t12-/m0/s1. The van der Waals surface area contributed by atoms with Crippen LogP contribution in [0.3, 0.4) is 0 Å². The van der Waals surface area contributed by atoms with E-state index in [0.717, 1.165) is 6.54 Å². The number of rotatable bonds is 8. The number of non-ortho nitro benzene ring substituents is 1. The number of benzene rings is 1. The molecule has 25 heavy (non-hydrogen) atoms. The third kappa shape index (κ3) is 4.77. The number of nitrogens with zero attached hydrogens (tertiary/aromatic N) is 2. The van der Waals surface area contributed by atoms with Crippen LogP contribution in [0.25, 0.3) is 0 Å². The Labute approximate surface area is 150 Å². The number of anilines is 1. The van der Waals surface area contributed by atoms with Crippen LogP contribution >= 0.6 is 11.3 Å². The van der Waals surface area contributed by atoms with Crippen molar-refractivity contribution in [3.05, 3.63) is 50.7 Å². The van der Waals surface area contributed by atoms with Crippen LogP contribution in [-0.2, 0) is 11.3 Å². The summed E-state index contributed by atoms with van der Waals surface area (Å²) in [7, 11) is 1.41. The maximum atomic E-state index is 12.6. The molecular formula is C17H21N3O4S. The number of carbonyl (C=O) groups excluding carboxylic acids is 1. The van der Waals surface area contributed by atoms with E-state index in [2.05, 4.69) is 10.2 Å². The van der Waals surface area contributed by atoms with Gasteiger partial charge in [-0.15, -0.1) is 11.3 Å². The van der Waals surface area contributed by atoms with E-state index in [-0.39, 0.29) is 23.4 Å². The van der Waals surface area contributed by atoms with E-state index < -0.39 is 4.92 Å². The molecule has 7 nitrogen and oxygen atoms in total. The van der Waals surface area contributed by atoms with Gasteiger partial charge in [0.1, 0.15) is 5.75 Å². The smallest absolute Gasteiger partial charge is 0.273 e. The lowest BCUT2D eigenvalue weighted by Crippen LogP contribution is -2.41. The number of thiophene rings is 1. The zero-order valence-corrected chi connectivity index (χ0v) is 15.2. The molecule has 1 amide bonds. The van der Waals surface area contributed by atoms with Crippen LogP contribution in [0.4, 0.5) is 11.4 Å². The number of nitrogens with one attached hydrogen (secondary N) is 1. The van der Waals surface area contributed by atoms with Crippen LogP contribution in [0, 0.1) is 10.1 Å². The second-order valence-electron chi connectivity index (χ2n) is 5.45. The summed E-state index contributed by atoms with van der Waals surface area (Å²) in [6, 6.07) is 7.79. The number of amides is 1. The number of carbonyl (C=O) groups is 1. The Bertz CT molecular complexity index is 733. The van der Waals surface area contributed by atoms with Crippen LogP contribution in [0.15, 0.2) is 35.7 Å². The first-order valence-corrected chi connectivity index (χ1v) is 8.74. The summed E-state index contributed by atoms with van der Waals surface area (Å²) in [5, 5.41) is 15.7. The largest absolute Gasteiger partial charge is 0.494 e. The molecule has 1 N–H and O–H groups in total. The molecule has 1 aromatic heterocycles. The van der Waals surface area contributed by atoms with Gasteiger partial charge >= 0.3 is 0 Å². The maximum absolute atomic E-state index is 12.6. The van der Waals surface area contributed by atoms with E-state index in [4.69, 9.17) is 4.74 Å². The summed E-state index contributed by atoms with van der Waals surface area (Å²) < 4.78 is 5.16. The zero-order chi connectivity index (χ0) is 18.4. The molecule has 0 bridgehead atoms. The Kier molecular flexibility index (Phi) is 6.49. The molecule has 0 saturated heterocycles. The molecule has 1 heterocycles. The molecule has 0 unspecified atom stereocenters. The molecule has 2 aromatic rings. The Morgan fingerprint density at radius 3 is 2.76 bits per heavy atom. The Hall–Kier alpha value is -2.45. The predicted octanol–water partition coefficient (Wildman–Crippen LogP) is 3.51. The topological polar surface area (TPSA) is 84.7 Å². The fraction of sp³-hybridized carbons (Fsp3) is 0.353. The molecular weight excluding hydrogens is 342 g/mol. The molecule has 0 aliphatic heterocycles. The quantitative estimate of drug-likeness (QED) is 0.573. The highest BCUT2D eigenvalue weighted by molar-refractivity contribution is 7.09.